The number of non-ortho nitro benzene ring substituents is 1. The summed E-state index contributed by atoms with van der Waals surface area (Å²) in [5.41, 5.74) is 8.96. The number of nitro benzene ring substituents is 1. The van der Waals surface area contributed by atoms with Gasteiger partial charge in [-0.25, -0.2) is 5.43 Å². The monoisotopic (exact) mass is 326 g/mol. The Kier molecular flexibility index (Phi) is 5.00. The Morgan fingerprint density at radius 1 is 1.08 bits per heavy atom. The first-order valence-corrected chi connectivity index (χ1v) is 6.88. The molecule has 0 saturated carbocycles. The largest absolute Gasteiger partial charge is 0.366 e. The van der Waals surface area contributed by atoms with Crippen LogP contribution < -0.4 is 11.2 Å². The summed E-state index contributed by atoms with van der Waals surface area (Å²) in [6.07, 6.45) is 0. The third-order valence-electron chi connectivity index (χ3n) is 3.23. The van der Waals surface area contributed by atoms with Gasteiger partial charge in [0, 0.05) is 28.8 Å². The zero-order chi connectivity index (χ0) is 17.7. The average Bonchev–Trinajstić information content (AvgIpc) is 2.59. The summed E-state index contributed by atoms with van der Waals surface area (Å²) < 4.78 is 0. The normalized spacial score (nSPS) is 11.0. The standard InChI is InChI=1S/C16H14N4O4/c1-10(13-3-2-4-14(9-13)20(23)24)18-19-16(22)12-7-5-11(6-8-12)15(17)21/h2-9H,1H3,(H2,17,21)(H,19,22)/b18-10+. The summed E-state index contributed by atoms with van der Waals surface area (Å²) in [5.74, 6) is -1.06. The maximum absolute atomic E-state index is 12.0. The van der Waals surface area contributed by atoms with E-state index in [1.54, 1.807) is 13.0 Å². The van der Waals surface area contributed by atoms with E-state index >= 15 is 0 Å². The number of amides is 2. The molecule has 0 aromatic heterocycles. The number of primary amides is 1. The Labute approximate surface area is 137 Å². The van der Waals surface area contributed by atoms with E-state index in [1.807, 2.05) is 0 Å². The van der Waals surface area contributed by atoms with Crippen LogP contribution in [0, 0.1) is 10.1 Å². The summed E-state index contributed by atoms with van der Waals surface area (Å²) in [6.45, 7) is 1.62. The van der Waals surface area contributed by atoms with Crippen LogP contribution in [0.15, 0.2) is 53.6 Å². The molecule has 0 atom stereocenters. The van der Waals surface area contributed by atoms with Crippen LogP contribution in [0.4, 0.5) is 5.69 Å². The Morgan fingerprint density at radius 2 is 1.71 bits per heavy atom. The molecule has 2 aromatic carbocycles. The number of hydrazone groups is 1. The molecule has 0 saturated heterocycles. The molecule has 2 amide bonds. The number of nitrogens with zero attached hydrogens (tertiary/aromatic N) is 2. The molecular formula is C16H14N4O4. The van der Waals surface area contributed by atoms with Gasteiger partial charge in [0.15, 0.2) is 0 Å². The fourth-order valence-electron chi connectivity index (χ4n) is 1.89. The number of carbonyl (C=O) groups is 2. The number of rotatable bonds is 5. The first-order valence-electron chi connectivity index (χ1n) is 6.88. The highest BCUT2D eigenvalue weighted by Crippen LogP contribution is 2.13. The van der Waals surface area contributed by atoms with Gasteiger partial charge in [-0.1, -0.05) is 12.1 Å². The van der Waals surface area contributed by atoms with Crippen LogP contribution in [0.2, 0.25) is 0 Å². The number of carbonyl (C=O) groups excluding carboxylic acids is 2. The quantitative estimate of drug-likeness (QED) is 0.493. The van der Waals surface area contributed by atoms with Gasteiger partial charge in [0.05, 0.1) is 10.6 Å². The van der Waals surface area contributed by atoms with E-state index in [4.69, 9.17) is 5.73 Å². The smallest absolute Gasteiger partial charge is 0.271 e. The van der Waals surface area contributed by atoms with Gasteiger partial charge in [0.25, 0.3) is 11.6 Å². The maximum Gasteiger partial charge on any atom is 0.271 e. The molecule has 122 valence electrons. The fraction of sp³-hybridized carbons (Fsp3) is 0.0625. The van der Waals surface area contributed by atoms with Gasteiger partial charge in [-0.05, 0) is 31.2 Å². The molecule has 2 aromatic rings. The Morgan fingerprint density at radius 3 is 2.29 bits per heavy atom. The minimum Gasteiger partial charge on any atom is -0.366 e. The summed E-state index contributed by atoms with van der Waals surface area (Å²) in [7, 11) is 0. The molecule has 0 aliphatic heterocycles. The van der Waals surface area contributed by atoms with Gasteiger partial charge >= 0.3 is 0 Å². The second kappa shape index (κ2) is 7.14. The highest BCUT2D eigenvalue weighted by Gasteiger charge is 2.09. The third kappa shape index (κ3) is 4.01. The lowest BCUT2D eigenvalue weighted by Gasteiger charge is -2.04. The van der Waals surface area contributed by atoms with Gasteiger partial charge in [-0.15, -0.1) is 0 Å². The van der Waals surface area contributed by atoms with Gasteiger partial charge in [-0.2, -0.15) is 5.10 Å². The minimum absolute atomic E-state index is 0.0598. The predicted octanol–water partition coefficient (Wildman–Crippen LogP) is 1.85. The third-order valence-corrected chi connectivity index (χ3v) is 3.23. The van der Waals surface area contributed by atoms with Gasteiger partial charge < -0.3 is 5.73 Å². The summed E-state index contributed by atoms with van der Waals surface area (Å²) in [5, 5.41) is 14.7. The van der Waals surface area contributed by atoms with E-state index in [0.717, 1.165) is 0 Å². The first kappa shape index (κ1) is 16.8. The number of nitrogens with two attached hydrogens (primary N) is 1. The topological polar surface area (TPSA) is 128 Å². The van der Waals surface area contributed by atoms with Gasteiger partial charge in [0.1, 0.15) is 0 Å². The maximum atomic E-state index is 12.0. The van der Waals surface area contributed by atoms with Crippen LogP contribution in [0.1, 0.15) is 33.2 Å². The van der Waals surface area contributed by atoms with E-state index in [9.17, 15) is 19.7 Å². The highest BCUT2D eigenvalue weighted by atomic mass is 16.6. The van der Waals surface area contributed by atoms with E-state index < -0.39 is 16.7 Å². The zero-order valence-corrected chi connectivity index (χ0v) is 12.7. The Hall–Kier alpha value is -3.55. The molecule has 2 rings (SSSR count). The molecule has 3 N–H and O–H groups in total. The molecule has 0 heterocycles. The lowest BCUT2D eigenvalue weighted by atomic mass is 10.1. The van der Waals surface area contributed by atoms with Crippen LogP contribution in [-0.4, -0.2) is 22.4 Å². The molecule has 0 unspecified atom stereocenters. The van der Waals surface area contributed by atoms with E-state index in [-0.39, 0.29) is 5.69 Å². The second-order valence-electron chi connectivity index (χ2n) is 4.89. The lowest BCUT2D eigenvalue weighted by molar-refractivity contribution is -0.384. The number of hydrogen-bond acceptors (Lipinski definition) is 5. The molecule has 0 spiro atoms. The van der Waals surface area contributed by atoms with Crippen LogP contribution in [0.25, 0.3) is 0 Å². The van der Waals surface area contributed by atoms with Crippen molar-refractivity contribution in [1.82, 2.24) is 5.43 Å². The molecule has 0 fully saturated rings. The van der Waals surface area contributed by atoms with Crippen molar-refractivity contribution in [1.29, 1.82) is 0 Å². The van der Waals surface area contributed by atoms with Crippen molar-refractivity contribution in [2.75, 3.05) is 0 Å². The molecule has 0 aliphatic carbocycles. The van der Waals surface area contributed by atoms with Gasteiger partial charge in [-0.3, -0.25) is 19.7 Å². The molecule has 24 heavy (non-hydrogen) atoms. The predicted molar refractivity (Wildman–Crippen MR) is 87.7 cm³/mol. The van der Waals surface area contributed by atoms with Crippen LogP contribution in [0.5, 0.6) is 0 Å². The molecule has 0 radical (unpaired) electrons. The summed E-state index contributed by atoms with van der Waals surface area (Å²) in [4.78, 5) is 33.2. The number of hydrogen-bond donors (Lipinski definition) is 2. The zero-order valence-electron chi connectivity index (χ0n) is 12.7. The SMILES string of the molecule is C/C(=N\NC(=O)c1ccc(C(N)=O)cc1)c1cccc([N+](=O)[O-])c1. The molecule has 8 heteroatoms. The molecule has 0 bridgehead atoms. The van der Waals surface area contributed by atoms with E-state index in [0.29, 0.717) is 22.4 Å². The Bertz CT molecular complexity index is 828. The van der Waals surface area contributed by atoms with Crippen LogP contribution in [-0.2, 0) is 0 Å². The highest BCUT2D eigenvalue weighted by molar-refractivity contribution is 6.01. The average molecular weight is 326 g/mol. The van der Waals surface area contributed by atoms with Gasteiger partial charge in [0.2, 0.25) is 5.91 Å². The molecule has 8 nitrogen and oxygen atoms in total. The van der Waals surface area contributed by atoms with Crippen LogP contribution in [0.3, 0.4) is 0 Å². The lowest BCUT2D eigenvalue weighted by Crippen LogP contribution is -2.19. The van der Waals surface area contributed by atoms with Crippen molar-refractivity contribution in [2.45, 2.75) is 6.92 Å². The van der Waals surface area contributed by atoms with Crippen molar-refractivity contribution in [3.05, 3.63) is 75.3 Å². The Balaban J connectivity index is 2.11. The number of benzene rings is 2. The van der Waals surface area contributed by atoms with Crippen molar-refractivity contribution >= 4 is 23.2 Å². The van der Waals surface area contributed by atoms with E-state index in [2.05, 4.69) is 10.5 Å². The van der Waals surface area contributed by atoms with Crippen molar-refractivity contribution in [3.8, 4) is 0 Å². The minimum atomic E-state index is -0.582. The molecule has 0 aliphatic rings. The fourth-order valence-corrected chi connectivity index (χ4v) is 1.89. The number of nitrogens with one attached hydrogen (secondary N) is 1. The van der Waals surface area contributed by atoms with E-state index in [1.165, 1.54) is 42.5 Å². The summed E-state index contributed by atoms with van der Waals surface area (Å²) in [6, 6.07) is 11.7. The molecular weight excluding hydrogens is 312 g/mol. The number of nitro groups is 1. The van der Waals surface area contributed by atoms with Crippen molar-refractivity contribution in [3.63, 3.8) is 0 Å². The summed E-state index contributed by atoms with van der Waals surface area (Å²) >= 11 is 0. The van der Waals surface area contributed by atoms with Crippen molar-refractivity contribution < 1.29 is 14.5 Å². The first-order chi connectivity index (χ1) is 11.4. The van der Waals surface area contributed by atoms with Crippen LogP contribution >= 0.6 is 0 Å². The second-order valence-corrected chi connectivity index (χ2v) is 4.89. The van der Waals surface area contributed by atoms with Crippen molar-refractivity contribution in [2.24, 2.45) is 10.8 Å².